The molecule has 0 saturated heterocycles. The maximum atomic E-state index is 13.5. The zero-order valence-corrected chi connectivity index (χ0v) is 13.2. The minimum absolute atomic E-state index is 0.283. The summed E-state index contributed by atoms with van der Waals surface area (Å²) < 4.78 is 18.7. The third kappa shape index (κ3) is 2.68. The number of fused-ring (bicyclic) bond motifs is 1. The number of anilines is 3. The Bertz CT molecular complexity index is 979. The number of nitriles is 1. The van der Waals surface area contributed by atoms with Gasteiger partial charge in [0.1, 0.15) is 17.6 Å². The molecule has 120 valence electrons. The molecular weight excluding hydrogens is 307 g/mol. The van der Waals surface area contributed by atoms with Crippen LogP contribution in [0.3, 0.4) is 0 Å². The van der Waals surface area contributed by atoms with Crippen molar-refractivity contribution in [2.75, 3.05) is 18.2 Å². The summed E-state index contributed by atoms with van der Waals surface area (Å²) in [6.07, 6.45) is 1.48. The molecule has 0 amide bonds. The van der Waals surface area contributed by atoms with Crippen molar-refractivity contribution in [1.29, 1.82) is 5.26 Å². The molecule has 24 heavy (non-hydrogen) atoms. The second-order valence-electron chi connectivity index (χ2n) is 5.36. The van der Waals surface area contributed by atoms with Gasteiger partial charge < -0.3 is 15.8 Å². The van der Waals surface area contributed by atoms with E-state index in [1.54, 1.807) is 31.2 Å². The van der Waals surface area contributed by atoms with Crippen molar-refractivity contribution in [1.82, 2.24) is 4.98 Å². The Labute approximate surface area is 138 Å². The van der Waals surface area contributed by atoms with Gasteiger partial charge in [-0.15, -0.1) is 0 Å². The first-order valence-corrected chi connectivity index (χ1v) is 7.23. The summed E-state index contributed by atoms with van der Waals surface area (Å²) in [4.78, 5) is 4.28. The standard InChI is InChI=1S/C18H15FN4O/c1-10-5-12(3-4-14(10)19)23-18-11(8-20)9-22-16-7-17(24-2)15(21)6-13(16)18/h3-7,9H,21H2,1-2H3,(H,22,23). The summed E-state index contributed by atoms with van der Waals surface area (Å²) in [5.41, 5.74) is 9.19. The molecule has 3 N–H and O–H groups in total. The van der Waals surface area contributed by atoms with Crippen molar-refractivity contribution in [3.63, 3.8) is 0 Å². The number of hydrogen-bond acceptors (Lipinski definition) is 5. The quantitative estimate of drug-likeness (QED) is 0.715. The largest absolute Gasteiger partial charge is 0.495 e. The highest BCUT2D eigenvalue weighted by Crippen LogP contribution is 2.34. The minimum atomic E-state index is -0.283. The number of nitrogen functional groups attached to an aromatic ring is 1. The third-order valence-electron chi connectivity index (χ3n) is 3.77. The van der Waals surface area contributed by atoms with Gasteiger partial charge in [-0.3, -0.25) is 4.98 Å². The van der Waals surface area contributed by atoms with Gasteiger partial charge in [0.05, 0.1) is 29.6 Å². The lowest BCUT2D eigenvalue weighted by Crippen LogP contribution is -1.99. The molecule has 0 radical (unpaired) electrons. The second kappa shape index (κ2) is 6.05. The molecule has 0 atom stereocenters. The number of halogens is 1. The van der Waals surface area contributed by atoms with E-state index in [1.807, 2.05) is 0 Å². The zero-order chi connectivity index (χ0) is 17.3. The smallest absolute Gasteiger partial charge is 0.143 e. The average Bonchev–Trinajstić information content (AvgIpc) is 2.58. The molecule has 0 fully saturated rings. The molecule has 0 bridgehead atoms. The predicted octanol–water partition coefficient (Wildman–Crippen LogP) is 3.89. The fourth-order valence-electron chi connectivity index (χ4n) is 2.50. The fourth-order valence-corrected chi connectivity index (χ4v) is 2.50. The van der Waals surface area contributed by atoms with Crippen LogP contribution in [0.25, 0.3) is 10.9 Å². The Hall–Kier alpha value is -3.33. The lowest BCUT2D eigenvalue weighted by molar-refractivity contribution is 0.417. The first-order valence-electron chi connectivity index (χ1n) is 7.23. The van der Waals surface area contributed by atoms with Gasteiger partial charge in [-0.05, 0) is 36.8 Å². The normalized spacial score (nSPS) is 10.4. The van der Waals surface area contributed by atoms with Crippen LogP contribution in [0.5, 0.6) is 5.75 Å². The highest BCUT2D eigenvalue weighted by Gasteiger charge is 2.13. The molecule has 0 aliphatic heterocycles. The maximum absolute atomic E-state index is 13.5. The molecule has 1 heterocycles. The van der Waals surface area contributed by atoms with Crippen molar-refractivity contribution in [3.8, 4) is 11.8 Å². The molecule has 0 spiro atoms. The predicted molar refractivity (Wildman–Crippen MR) is 91.8 cm³/mol. The highest BCUT2D eigenvalue weighted by molar-refractivity contribution is 5.98. The molecule has 0 unspecified atom stereocenters. The number of benzene rings is 2. The van der Waals surface area contributed by atoms with Crippen LogP contribution in [-0.4, -0.2) is 12.1 Å². The minimum Gasteiger partial charge on any atom is -0.495 e. The van der Waals surface area contributed by atoms with E-state index in [1.165, 1.54) is 19.4 Å². The van der Waals surface area contributed by atoms with Crippen LogP contribution in [0.4, 0.5) is 21.5 Å². The van der Waals surface area contributed by atoms with E-state index in [-0.39, 0.29) is 5.82 Å². The van der Waals surface area contributed by atoms with Crippen molar-refractivity contribution >= 4 is 28.0 Å². The Morgan fingerprint density at radius 2 is 2.08 bits per heavy atom. The molecule has 6 heteroatoms. The second-order valence-corrected chi connectivity index (χ2v) is 5.36. The number of nitrogens with two attached hydrogens (primary N) is 1. The topological polar surface area (TPSA) is 84.0 Å². The number of nitrogens with one attached hydrogen (secondary N) is 1. The van der Waals surface area contributed by atoms with Crippen molar-refractivity contribution in [3.05, 3.63) is 53.5 Å². The number of rotatable bonds is 3. The molecule has 0 saturated carbocycles. The molecule has 0 aliphatic rings. The first kappa shape index (κ1) is 15.6. The van der Waals surface area contributed by atoms with E-state index in [0.717, 1.165) is 0 Å². The fraction of sp³-hybridized carbons (Fsp3) is 0.111. The first-order chi connectivity index (χ1) is 11.5. The number of ether oxygens (including phenoxy) is 1. The average molecular weight is 322 g/mol. The van der Waals surface area contributed by atoms with Gasteiger partial charge in [-0.2, -0.15) is 5.26 Å². The lowest BCUT2D eigenvalue weighted by Gasteiger charge is -2.14. The summed E-state index contributed by atoms with van der Waals surface area (Å²) in [6, 6.07) is 10.2. The van der Waals surface area contributed by atoms with Gasteiger partial charge in [0.15, 0.2) is 0 Å². The van der Waals surface area contributed by atoms with E-state index in [2.05, 4.69) is 16.4 Å². The summed E-state index contributed by atoms with van der Waals surface area (Å²) in [6.45, 7) is 1.68. The molecule has 1 aromatic heterocycles. The van der Waals surface area contributed by atoms with Crippen LogP contribution in [0.2, 0.25) is 0 Å². The number of aromatic nitrogens is 1. The van der Waals surface area contributed by atoms with E-state index in [4.69, 9.17) is 10.5 Å². The number of aryl methyl sites for hydroxylation is 1. The zero-order valence-electron chi connectivity index (χ0n) is 13.2. The van der Waals surface area contributed by atoms with Gasteiger partial charge in [0, 0.05) is 23.3 Å². The number of pyridine rings is 1. The van der Waals surface area contributed by atoms with Crippen LogP contribution in [0, 0.1) is 24.1 Å². The van der Waals surface area contributed by atoms with Crippen molar-refractivity contribution in [2.45, 2.75) is 6.92 Å². The van der Waals surface area contributed by atoms with Gasteiger partial charge in [-0.25, -0.2) is 4.39 Å². The monoisotopic (exact) mass is 322 g/mol. The SMILES string of the molecule is COc1cc2ncc(C#N)c(Nc3ccc(F)c(C)c3)c2cc1N. The molecule has 3 aromatic rings. The molecule has 5 nitrogen and oxygen atoms in total. The molecule has 2 aromatic carbocycles. The van der Waals surface area contributed by atoms with Crippen LogP contribution < -0.4 is 15.8 Å². The Morgan fingerprint density at radius 3 is 2.75 bits per heavy atom. The summed E-state index contributed by atoms with van der Waals surface area (Å²) >= 11 is 0. The van der Waals surface area contributed by atoms with Gasteiger partial charge in [0.2, 0.25) is 0 Å². The third-order valence-corrected chi connectivity index (χ3v) is 3.77. The van der Waals surface area contributed by atoms with Crippen molar-refractivity contribution in [2.24, 2.45) is 0 Å². The Kier molecular flexibility index (Phi) is 3.92. The van der Waals surface area contributed by atoms with Gasteiger partial charge in [-0.1, -0.05) is 0 Å². The summed E-state index contributed by atoms with van der Waals surface area (Å²) in [7, 11) is 1.53. The van der Waals surface area contributed by atoms with Gasteiger partial charge in [0.25, 0.3) is 0 Å². The van der Waals surface area contributed by atoms with Crippen LogP contribution in [-0.2, 0) is 0 Å². The van der Waals surface area contributed by atoms with Crippen LogP contribution in [0.15, 0.2) is 36.5 Å². The van der Waals surface area contributed by atoms with Crippen LogP contribution in [0.1, 0.15) is 11.1 Å². The number of hydrogen-bond donors (Lipinski definition) is 2. The Morgan fingerprint density at radius 1 is 1.29 bits per heavy atom. The lowest BCUT2D eigenvalue weighted by atomic mass is 10.1. The van der Waals surface area contributed by atoms with E-state index in [0.29, 0.717) is 44.8 Å². The van der Waals surface area contributed by atoms with E-state index >= 15 is 0 Å². The van der Waals surface area contributed by atoms with Crippen molar-refractivity contribution < 1.29 is 9.13 Å². The Balaban J connectivity index is 2.19. The summed E-state index contributed by atoms with van der Waals surface area (Å²) in [5.74, 6) is 0.234. The maximum Gasteiger partial charge on any atom is 0.143 e. The number of methoxy groups -OCH3 is 1. The van der Waals surface area contributed by atoms with Crippen LogP contribution >= 0.6 is 0 Å². The molecular formula is C18H15FN4O. The van der Waals surface area contributed by atoms with E-state index in [9.17, 15) is 9.65 Å². The molecule has 3 rings (SSSR count). The number of nitrogens with zero attached hydrogens (tertiary/aromatic N) is 2. The molecule has 0 aliphatic carbocycles. The highest BCUT2D eigenvalue weighted by atomic mass is 19.1. The van der Waals surface area contributed by atoms with Gasteiger partial charge >= 0.3 is 0 Å². The van der Waals surface area contributed by atoms with E-state index < -0.39 is 0 Å². The summed E-state index contributed by atoms with van der Waals surface area (Å²) in [5, 5.41) is 13.2.